The first kappa shape index (κ1) is 60.0. The molecule has 0 heterocycles. The van der Waals surface area contributed by atoms with Crippen molar-refractivity contribution in [3.8, 4) is 0 Å². The Labute approximate surface area is 388 Å². The minimum Gasteiger partial charge on any atom is -0.465 e. The minimum atomic E-state index is -1.32. The Bertz CT molecular complexity index is 1620. The Kier molecular flexibility index (Phi) is 24.4. The fraction of sp³-hybridized carbons (Fsp3) is 0.786. The maximum absolute atomic E-state index is 13.8. The summed E-state index contributed by atoms with van der Waals surface area (Å²) < 4.78 is 26.4. The lowest BCUT2D eigenvalue weighted by Crippen LogP contribution is -2.50. The maximum atomic E-state index is 13.8. The second-order valence-electron chi connectivity index (χ2n) is 19.9. The molecule has 0 aromatic rings. The predicted molar refractivity (Wildman–Crippen MR) is 240 cm³/mol. The highest BCUT2D eigenvalue weighted by molar-refractivity contribution is 5.82. The first-order chi connectivity index (χ1) is 30.0. The summed E-state index contributed by atoms with van der Waals surface area (Å²) in [4.78, 5) is 116. The van der Waals surface area contributed by atoms with Crippen molar-refractivity contribution in [2.24, 2.45) is 17.8 Å². The topological polar surface area (TPSA) is 319 Å². The van der Waals surface area contributed by atoms with Gasteiger partial charge in [0, 0.05) is 58.9 Å². The van der Waals surface area contributed by atoms with Gasteiger partial charge in [0.1, 0.15) is 28.0 Å². The number of hydrogen-bond acceptors (Lipinski definition) is 14. The molecule has 0 rings (SSSR count). The molecule has 2 atom stereocenters. The average Bonchev–Trinajstić information content (AvgIpc) is 3.12. The van der Waals surface area contributed by atoms with Crippen LogP contribution in [0.3, 0.4) is 0 Å². The predicted octanol–water partition coefficient (Wildman–Crippen LogP) is 2.79. The third-order valence-electron chi connectivity index (χ3n) is 7.99. The molecule has 380 valence electrons. The number of nitrogens with zero attached hydrogens (tertiary/aromatic N) is 1. The van der Waals surface area contributed by atoms with Crippen molar-refractivity contribution in [3.63, 3.8) is 0 Å². The largest absolute Gasteiger partial charge is 0.465 e. The SMILES string of the molecule is CC(CNC(=O)OC(C)(C)C)C(=O)N(CCNC(=O)C(CNC(=O)OC(C)(C)C)CNC(=O)OC(C)(C)C)CCNC(=O)C(CNC(=O)OC(C)(C)C)CNC(=O)OC(C)(C)CNC(=O)O. The van der Waals surface area contributed by atoms with Crippen LogP contribution in [0.2, 0.25) is 0 Å². The van der Waals surface area contributed by atoms with Crippen molar-refractivity contribution >= 4 is 54.3 Å². The Morgan fingerprint density at radius 2 is 0.727 bits per heavy atom. The minimum absolute atomic E-state index is 0.105. The number of carbonyl (C=O) groups excluding carboxylic acids is 8. The summed E-state index contributed by atoms with van der Waals surface area (Å²) in [5.41, 5.74) is -4.57. The van der Waals surface area contributed by atoms with Gasteiger partial charge in [0.05, 0.1) is 24.3 Å². The number of rotatable bonds is 22. The van der Waals surface area contributed by atoms with E-state index in [0.29, 0.717) is 0 Å². The summed E-state index contributed by atoms with van der Waals surface area (Å²) in [5.74, 6) is -4.67. The molecule has 24 heteroatoms. The van der Waals surface area contributed by atoms with E-state index in [1.807, 2.05) is 0 Å². The summed E-state index contributed by atoms with van der Waals surface area (Å²) in [6, 6.07) is 0. The molecule has 0 bridgehead atoms. The van der Waals surface area contributed by atoms with Crippen LogP contribution in [0.4, 0.5) is 28.8 Å². The zero-order valence-electron chi connectivity index (χ0n) is 41.4. The standard InChI is InChI=1S/C42H77N9O15/c1-26(20-45-33(57)62-38(2,3)4)31(54)51(18-16-43-29(52)27(21-46-34(58)63-39(5,6)7)22-47-35(59)64-40(8,9)10)19-17-44-30(53)28(23-48-36(60)65-41(11,12)13)24-49-37(61)66-42(14,15)25-50-32(55)56/h26-28,50H,16-25H2,1-15H3,(H,43,52)(H,44,53)(H,45,57)(H,46,58)(H,47,59)(H,48,60)(H,49,61)(H,55,56). The quantitative estimate of drug-likeness (QED) is 0.0705. The van der Waals surface area contributed by atoms with Gasteiger partial charge in [0.15, 0.2) is 0 Å². The van der Waals surface area contributed by atoms with Crippen LogP contribution >= 0.6 is 0 Å². The second-order valence-corrected chi connectivity index (χ2v) is 19.9. The highest BCUT2D eigenvalue weighted by Crippen LogP contribution is 2.12. The van der Waals surface area contributed by atoms with Gasteiger partial charge < -0.3 is 76.2 Å². The van der Waals surface area contributed by atoms with Crippen LogP contribution in [0.1, 0.15) is 104 Å². The van der Waals surface area contributed by atoms with Gasteiger partial charge in [-0.15, -0.1) is 0 Å². The van der Waals surface area contributed by atoms with Crippen LogP contribution in [-0.4, -0.2) is 158 Å². The molecule has 2 unspecified atom stereocenters. The first-order valence-corrected chi connectivity index (χ1v) is 21.6. The molecule has 0 saturated heterocycles. The van der Waals surface area contributed by atoms with Gasteiger partial charge in [-0.25, -0.2) is 28.8 Å². The van der Waals surface area contributed by atoms with E-state index >= 15 is 0 Å². The summed E-state index contributed by atoms with van der Waals surface area (Å²) in [6.07, 6.45) is -5.46. The third-order valence-corrected chi connectivity index (χ3v) is 7.99. The van der Waals surface area contributed by atoms with E-state index in [1.165, 1.54) is 18.7 Å². The van der Waals surface area contributed by atoms with Crippen LogP contribution in [0, 0.1) is 17.8 Å². The van der Waals surface area contributed by atoms with Crippen molar-refractivity contribution in [1.82, 2.24) is 47.4 Å². The summed E-state index contributed by atoms with van der Waals surface area (Å²) in [5, 5.41) is 29.0. The molecular formula is C42H77N9O15. The van der Waals surface area contributed by atoms with Gasteiger partial charge in [-0.3, -0.25) is 14.4 Å². The van der Waals surface area contributed by atoms with E-state index in [2.05, 4.69) is 42.5 Å². The molecule has 0 spiro atoms. The highest BCUT2D eigenvalue weighted by atomic mass is 16.6. The monoisotopic (exact) mass is 948 g/mol. The van der Waals surface area contributed by atoms with Crippen LogP contribution in [0.25, 0.3) is 0 Å². The van der Waals surface area contributed by atoms with E-state index in [-0.39, 0.29) is 65.4 Å². The second kappa shape index (κ2) is 26.9. The molecule has 0 saturated carbocycles. The maximum Gasteiger partial charge on any atom is 0.407 e. The van der Waals surface area contributed by atoms with Crippen LogP contribution in [-0.2, 0) is 38.1 Å². The molecule has 0 aromatic heterocycles. The normalized spacial score (nSPS) is 12.8. The number of carbonyl (C=O) groups is 9. The molecule has 0 aliphatic rings. The molecule has 0 aliphatic carbocycles. The number of hydrogen-bond donors (Lipinski definition) is 9. The van der Waals surface area contributed by atoms with Crippen molar-refractivity contribution in [2.45, 2.75) is 132 Å². The summed E-state index contributed by atoms with van der Waals surface area (Å²) in [7, 11) is 0. The zero-order valence-corrected chi connectivity index (χ0v) is 41.4. The molecule has 0 radical (unpaired) electrons. The Morgan fingerprint density at radius 1 is 0.439 bits per heavy atom. The van der Waals surface area contributed by atoms with Gasteiger partial charge in [-0.1, -0.05) is 6.92 Å². The number of nitrogens with one attached hydrogen (secondary N) is 8. The van der Waals surface area contributed by atoms with E-state index < -0.39 is 100 Å². The van der Waals surface area contributed by atoms with Crippen molar-refractivity contribution in [2.75, 3.05) is 65.4 Å². The zero-order chi connectivity index (χ0) is 51.3. The van der Waals surface area contributed by atoms with E-state index in [0.717, 1.165) is 0 Å². The fourth-order valence-electron chi connectivity index (χ4n) is 5.09. The molecule has 0 aromatic carbocycles. The molecule has 0 aliphatic heterocycles. The summed E-state index contributed by atoms with van der Waals surface area (Å²) >= 11 is 0. The van der Waals surface area contributed by atoms with Crippen LogP contribution in [0.15, 0.2) is 0 Å². The van der Waals surface area contributed by atoms with Gasteiger partial charge in [0.25, 0.3) is 0 Å². The van der Waals surface area contributed by atoms with Gasteiger partial charge in [-0.05, 0) is 96.9 Å². The van der Waals surface area contributed by atoms with E-state index in [9.17, 15) is 43.2 Å². The van der Waals surface area contributed by atoms with Crippen molar-refractivity contribution < 1.29 is 71.9 Å². The van der Waals surface area contributed by atoms with E-state index in [4.69, 9.17) is 28.8 Å². The highest BCUT2D eigenvalue weighted by Gasteiger charge is 2.29. The van der Waals surface area contributed by atoms with Gasteiger partial charge in [0.2, 0.25) is 17.7 Å². The molecular weight excluding hydrogens is 871 g/mol. The van der Waals surface area contributed by atoms with Crippen LogP contribution < -0.4 is 42.5 Å². The third kappa shape index (κ3) is 31.0. The van der Waals surface area contributed by atoms with E-state index in [1.54, 1.807) is 90.0 Å². The number of amides is 9. The van der Waals surface area contributed by atoms with Crippen molar-refractivity contribution in [3.05, 3.63) is 0 Å². The Hall–Kier alpha value is -5.97. The number of carboxylic acid groups (broad SMARTS) is 1. The molecule has 9 amide bonds. The Morgan fingerprint density at radius 3 is 1.02 bits per heavy atom. The lowest BCUT2D eigenvalue weighted by atomic mass is 10.1. The van der Waals surface area contributed by atoms with Crippen molar-refractivity contribution in [1.29, 1.82) is 0 Å². The lowest BCUT2D eigenvalue weighted by Gasteiger charge is -2.28. The smallest absolute Gasteiger partial charge is 0.407 e. The summed E-state index contributed by atoms with van der Waals surface area (Å²) in [6.45, 7) is 22.5. The van der Waals surface area contributed by atoms with Gasteiger partial charge in [-0.2, -0.15) is 0 Å². The lowest BCUT2D eigenvalue weighted by molar-refractivity contribution is -0.135. The molecule has 66 heavy (non-hydrogen) atoms. The average molecular weight is 948 g/mol. The first-order valence-electron chi connectivity index (χ1n) is 21.6. The van der Waals surface area contributed by atoms with Crippen LogP contribution in [0.5, 0.6) is 0 Å². The molecule has 9 N–H and O–H groups in total. The number of ether oxygens (including phenoxy) is 5. The number of alkyl carbamates (subject to hydrolysis) is 5. The molecule has 24 nitrogen and oxygen atoms in total. The Balaban J connectivity index is 6.20. The fourth-order valence-corrected chi connectivity index (χ4v) is 5.09. The molecule has 0 fully saturated rings. The van der Waals surface area contributed by atoms with Gasteiger partial charge >= 0.3 is 36.6 Å².